The van der Waals surface area contributed by atoms with E-state index in [4.69, 9.17) is 29.0 Å². The van der Waals surface area contributed by atoms with Crippen molar-refractivity contribution in [3.05, 3.63) is 69.2 Å². The van der Waals surface area contributed by atoms with Crippen molar-refractivity contribution in [2.45, 2.75) is 19.4 Å². The van der Waals surface area contributed by atoms with Crippen LogP contribution in [0.5, 0.6) is 0 Å². The normalized spacial score (nSPS) is 12.4. The number of hydrogen-bond donors (Lipinski definition) is 2. The Morgan fingerprint density at radius 1 is 1.11 bits per heavy atom. The third kappa shape index (κ3) is 3.71. The van der Waals surface area contributed by atoms with Gasteiger partial charge in [0.05, 0.1) is 6.04 Å². The summed E-state index contributed by atoms with van der Waals surface area (Å²) >= 11 is 12.2. The molecule has 100 valence electrons. The van der Waals surface area contributed by atoms with E-state index in [2.05, 4.69) is 5.43 Å². The number of hydrogen-bond acceptors (Lipinski definition) is 2. The van der Waals surface area contributed by atoms with Crippen LogP contribution in [0.3, 0.4) is 0 Å². The van der Waals surface area contributed by atoms with Gasteiger partial charge < -0.3 is 0 Å². The van der Waals surface area contributed by atoms with E-state index in [0.717, 1.165) is 33.2 Å². The lowest BCUT2D eigenvalue weighted by Crippen LogP contribution is -2.29. The first kappa shape index (κ1) is 14.4. The molecule has 3 N–H and O–H groups in total. The molecular formula is C15H16Cl2N2. The molecule has 0 bridgehead atoms. The molecule has 0 saturated carbocycles. The van der Waals surface area contributed by atoms with Crippen LogP contribution in [0.4, 0.5) is 0 Å². The average molecular weight is 295 g/mol. The Bertz CT molecular complexity index is 553. The molecule has 1 unspecified atom stereocenters. The first-order chi connectivity index (χ1) is 9.10. The zero-order valence-corrected chi connectivity index (χ0v) is 12.2. The van der Waals surface area contributed by atoms with Crippen LogP contribution in [0.15, 0.2) is 42.5 Å². The van der Waals surface area contributed by atoms with E-state index >= 15 is 0 Å². The second kappa shape index (κ2) is 6.40. The molecule has 0 aliphatic carbocycles. The number of halogens is 2. The molecule has 0 spiro atoms. The number of benzene rings is 2. The minimum Gasteiger partial charge on any atom is -0.271 e. The summed E-state index contributed by atoms with van der Waals surface area (Å²) in [7, 11) is 0. The number of rotatable bonds is 4. The molecule has 0 fully saturated rings. The maximum atomic E-state index is 6.28. The van der Waals surface area contributed by atoms with Crippen LogP contribution >= 0.6 is 23.2 Å². The van der Waals surface area contributed by atoms with Gasteiger partial charge >= 0.3 is 0 Å². The maximum Gasteiger partial charge on any atom is 0.0515 e. The lowest BCUT2D eigenvalue weighted by Gasteiger charge is -2.18. The van der Waals surface area contributed by atoms with Gasteiger partial charge in [-0.05, 0) is 48.2 Å². The Labute approximate surface area is 123 Å². The largest absolute Gasteiger partial charge is 0.271 e. The van der Waals surface area contributed by atoms with Crippen molar-refractivity contribution in [2.24, 2.45) is 5.84 Å². The summed E-state index contributed by atoms with van der Waals surface area (Å²) in [5.74, 6) is 5.65. The van der Waals surface area contributed by atoms with Crippen molar-refractivity contribution in [3.8, 4) is 0 Å². The number of aryl methyl sites for hydroxylation is 1. The first-order valence-corrected chi connectivity index (χ1v) is 6.82. The summed E-state index contributed by atoms with van der Waals surface area (Å²) in [4.78, 5) is 0. The van der Waals surface area contributed by atoms with Crippen molar-refractivity contribution in [3.63, 3.8) is 0 Å². The Hall–Kier alpha value is -1.06. The molecule has 1 atom stereocenters. The van der Waals surface area contributed by atoms with Gasteiger partial charge in [-0.1, -0.05) is 47.5 Å². The van der Waals surface area contributed by atoms with Crippen LogP contribution in [0.2, 0.25) is 10.0 Å². The van der Waals surface area contributed by atoms with Crippen LogP contribution in [0.1, 0.15) is 22.7 Å². The van der Waals surface area contributed by atoms with Gasteiger partial charge in [0.2, 0.25) is 0 Å². The summed E-state index contributed by atoms with van der Waals surface area (Å²) in [5.41, 5.74) is 6.12. The summed E-state index contributed by atoms with van der Waals surface area (Å²) < 4.78 is 0. The highest BCUT2D eigenvalue weighted by Gasteiger charge is 2.14. The first-order valence-electron chi connectivity index (χ1n) is 6.07. The second-order valence-corrected chi connectivity index (χ2v) is 5.42. The van der Waals surface area contributed by atoms with E-state index in [0.29, 0.717) is 0 Å². The Morgan fingerprint density at radius 2 is 1.79 bits per heavy atom. The van der Waals surface area contributed by atoms with Gasteiger partial charge in [-0.25, -0.2) is 0 Å². The fourth-order valence-corrected chi connectivity index (χ4v) is 2.52. The molecular weight excluding hydrogens is 279 g/mol. The Balaban J connectivity index is 2.22. The van der Waals surface area contributed by atoms with E-state index < -0.39 is 0 Å². The molecule has 0 saturated heterocycles. The zero-order valence-electron chi connectivity index (χ0n) is 10.7. The summed E-state index contributed by atoms with van der Waals surface area (Å²) in [5, 5.41) is 1.46. The monoisotopic (exact) mass is 294 g/mol. The zero-order chi connectivity index (χ0) is 13.8. The standard InChI is InChI=1S/C15H16Cl2N2/c1-10-2-7-13(14(17)8-10)15(19-18)9-11-3-5-12(16)6-4-11/h2-8,15,19H,9,18H2,1H3. The molecule has 2 aromatic carbocycles. The van der Waals surface area contributed by atoms with E-state index in [1.54, 1.807) is 0 Å². The summed E-state index contributed by atoms with van der Waals surface area (Å²) in [6, 6.07) is 13.7. The lowest BCUT2D eigenvalue weighted by molar-refractivity contribution is 0.552. The second-order valence-electron chi connectivity index (χ2n) is 4.57. The minimum absolute atomic E-state index is 0.0192. The van der Waals surface area contributed by atoms with E-state index in [-0.39, 0.29) is 6.04 Å². The molecule has 2 aromatic rings. The molecule has 2 rings (SSSR count). The molecule has 19 heavy (non-hydrogen) atoms. The highest BCUT2D eigenvalue weighted by atomic mass is 35.5. The average Bonchev–Trinajstić information content (AvgIpc) is 2.39. The number of hydrazine groups is 1. The van der Waals surface area contributed by atoms with Gasteiger partial charge in [0, 0.05) is 10.0 Å². The predicted molar refractivity (Wildman–Crippen MR) is 81.4 cm³/mol. The Morgan fingerprint density at radius 3 is 2.37 bits per heavy atom. The fraction of sp³-hybridized carbons (Fsp3) is 0.200. The van der Waals surface area contributed by atoms with Crippen molar-refractivity contribution in [2.75, 3.05) is 0 Å². The van der Waals surface area contributed by atoms with Gasteiger partial charge in [-0.2, -0.15) is 0 Å². The van der Waals surface area contributed by atoms with Crippen LogP contribution in [-0.4, -0.2) is 0 Å². The molecule has 0 aromatic heterocycles. The Kier molecular flexibility index (Phi) is 4.83. The summed E-state index contributed by atoms with van der Waals surface area (Å²) in [6.07, 6.45) is 0.760. The lowest BCUT2D eigenvalue weighted by atomic mass is 9.98. The smallest absolute Gasteiger partial charge is 0.0515 e. The molecule has 0 heterocycles. The molecule has 0 amide bonds. The fourth-order valence-electron chi connectivity index (χ4n) is 2.03. The van der Waals surface area contributed by atoms with Gasteiger partial charge in [0.1, 0.15) is 0 Å². The van der Waals surface area contributed by atoms with Crippen molar-refractivity contribution in [1.29, 1.82) is 0 Å². The van der Waals surface area contributed by atoms with Gasteiger partial charge in [0.15, 0.2) is 0 Å². The molecule has 0 radical (unpaired) electrons. The van der Waals surface area contributed by atoms with Crippen LogP contribution in [-0.2, 0) is 6.42 Å². The van der Waals surface area contributed by atoms with E-state index in [1.807, 2.05) is 49.4 Å². The molecule has 4 heteroatoms. The maximum absolute atomic E-state index is 6.28. The van der Waals surface area contributed by atoms with Gasteiger partial charge in [-0.15, -0.1) is 0 Å². The van der Waals surface area contributed by atoms with Crippen molar-refractivity contribution < 1.29 is 0 Å². The minimum atomic E-state index is -0.0192. The molecule has 0 aliphatic heterocycles. The molecule has 2 nitrogen and oxygen atoms in total. The quantitative estimate of drug-likeness (QED) is 0.659. The van der Waals surface area contributed by atoms with Gasteiger partial charge in [0.25, 0.3) is 0 Å². The molecule has 0 aliphatic rings. The third-order valence-corrected chi connectivity index (χ3v) is 3.66. The third-order valence-electron chi connectivity index (χ3n) is 3.09. The SMILES string of the molecule is Cc1ccc(C(Cc2ccc(Cl)cc2)NN)c(Cl)c1. The van der Waals surface area contributed by atoms with Crippen molar-refractivity contribution >= 4 is 23.2 Å². The summed E-state index contributed by atoms with van der Waals surface area (Å²) in [6.45, 7) is 2.01. The van der Waals surface area contributed by atoms with E-state index in [9.17, 15) is 0 Å². The number of nitrogens with one attached hydrogen (secondary N) is 1. The number of nitrogens with two attached hydrogens (primary N) is 1. The van der Waals surface area contributed by atoms with Crippen LogP contribution < -0.4 is 11.3 Å². The highest BCUT2D eigenvalue weighted by Crippen LogP contribution is 2.26. The highest BCUT2D eigenvalue weighted by molar-refractivity contribution is 6.31. The topological polar surface area (TPSA) is 38.0 Å². The van der Waals surface area contributed by atoms with Crippen molar-refractivity contribution in [1.82, 2.24) is 5.43 Å². The predicted octanol–water partition coefficient (Wildman–Crippen LogP) is 4.05. The van der Waals surface area contributed by atoms with Crippen LogP contribution in [0.25, 0.3) is 0 Å². The van der Waals surface area contributed by atoms with E-state index in [1.165, 1.54) is 0 Å². The van der Waals surface area contributed by atoms with Crippen LogP contribution in [0, 0.1) is 6.92 Å². The van der Waals surface area contributed by atoms with Gasteiger partial charge in [-0.3, -0.25) is 11.3 Å².